The SMILES string of the molecule is CC[C@@H](Oc1ccccc1C)C(=O)Nc1ccc(N2CCCC2)cc1. The van der Waals surface area contributed by atoms with Gasteiger partial charge in [-0.3, -0.25) is 4.79 Å². The van der Waals surface area contributed by atoms with Gasteiger partial charge in [0.2, 0.25) is 0 Å². The van der Waals surface area contributed by atoms with Gasteiger partial charge in [0.1, 0.15) is 5.75 Å². The monoisotopic (exact) mass is 338 g/mol. The molecule has 25 heavy (non-hydrogen) atoms. The zero-order valence-electron chi connectivity index (χ0n) is 15.0. The van der Waals surface area contributed by atoms with Crippen LogP contribution in [-0.2, 0) is 4.79 Å². The lowest BCUT2D eigenvalue weighted by molar-refractivity contribution is -0.122. The highest BCUT2D eigenvalue weighted by Crippen LogP contribution is 2.23. The minimum Gasteiger partial charge on any atom is -0.480 e. The number of anilines is 2. The van der Waals surface area contributed by atoms with Crippen molar-refractivity contribution in [3.8, 4) is 5.75 Å². The summed E-state index contributed by atoms with van der Waals surface area (Å²) in [5.41, 5.74) is 3.06. The van der Waals surface area contributed by atoms with Gasteiger partial charge in [0.25, 0.3) is 5.91 Å². The normalized spacial score (nSPS) is 15.0. The van der Waals surface area contributed by atoms with E-state index in [0.29, 0.717) is 6.42 Å². The molecule has 2 aromatic rings. The van der Waals surface area contributed by atoms with Crippen LogP contribution >= 0.6 is 0 Å². The van der Waals surface area contributed by atoms with Crippen molar-refractivity contribution in [3.63, 3.8) is 0 Å². The highest BCUT2D eigenvalue weighted by molar-refractivity contribution is 5.94. The van der Waals surface area contributed by atoms with Crippen molar-refractivity contribution in [3.05, 3.63) is 54.1 Å². The largest absolute Gasteiger partial charge is 0.480 e. The maximum absolute atomic E-state index is 12.6. The molecule has 0 aromatic heterocycles. The summed E-state index contributed by atoms with van der Waals surface area (Å²) in [6, 6.07) is 15.8. The maximum Gasteiger partial charge on any atom is 0.265 e. The van der Waals surface area contributed by atoms with Crippen LogP contribution in [-0.4, -0.2) is 25.1 Å². The van der Waals surface area contributed by atoms with Gasteiger partial charge in [-0.15, -0.1) is 0 Å². The fraction of sp³-hybridized carbons (Fsp3) is 0.381. The molecule has 132 valence electrons. The molecular weight excluding hydrogens is 312 g/mol. The van der Waals surface area contributed by atoms with Crippen LogP contribution < -0.4 is 15.0 Å². The molecule has 1 fully saturated rings. The van der Waals surface area contributed by atoms with Crippen LogP contribution in [0.2, 0.25) is 0 Å². The van der Waals surface area contributed by atoms with Crippen LogP contribution in [0.1, 0.15) is 31.7 Å². The van der Waals surface area contributed by atoms with Crippen molar-refractivity contribution in [1.82, 2.24) is 0 Å². The van der Waals surface area contributed by atoms with E-state index in [2.05, 4.69) is 22.3 Å². The number of hydrogen-bond donors (Lipinski definition) is 1. The van der Waals surface area contributed by atoms with Gasteiger partial charge in [-0.25, -0.2) is 0 Å². The number of nitrogens with one attached hydrogen (secondary N) is 1. The summed E-state index contributed by atoms with van der Waals surface area (Å²) in [6.07, 6.45) is 2.63. The fourth-order valence-corrected chi connectivity index (χ4v) is 3.12. The summed E-state index contributed by atoms with van der Waals surface area (Å²) in [7, 11) is 0. The van der Waals surface area contributed by atoms with Crippen LogP contribution in [0, 0.1) is 6.92 Å². The quantitative estimate of drug-likeness (QED) is 0.849. The maximum atomic E-state index is 12.6. The van der Waals surface area contributed by atoms with Crippen molar-refractivity contribution in [1.29, 1.82) is 0 Å². The Bertz CT molecular complexity index is 706. The first-order valence-electron chi connectivity index (χ1n) is 9.05. The average Bonchev–Trinajstić information content (AvgIpc) is 3.16. The number of hydrogen-bond acceptors (Lipinski definition) is 3. The van der Waals surface area contributed by atoms with Gasteiger partial charge in [-0.2, -0.15) is 0 Å². The second kappa shape index (κ2) is 8.06. The van der Waals surface area contributed by atoms with Gasteiger partial charge in [-0.05, 0) is 62.1 Å². The van der Waals surface area contributed by atoms with Gasteiger partial charge in [0.15, 0.2) is 6.10 Å². The van der Waals surface area contributed by atoms with E-state index in [1.54, 1.807) is 0 Å². The van der Waals surface area contributed by atoms with Crippen molar-refractivity contribution in [2.75, 3.05) is 23.3 Å². The summed E-state index contributed by atoms with van der Waals surface area (Å²) in [5.74, 6) is 0.647. The molecule has 0 aliphatic carbocycles. The first kappa shape index (κ1) is 17.3. The van der Waals surface area contributed by atoms with Crippen LogP contribution in [0.4, 0.5) is 11.4 Å². The lowest BCUT2D eigenvalue weighted by Crippen LogP contribution is -2.32. The summed E-state index contributed by atoms with van der Waals surface area (Å²) < 4.78 is 5.91. The van der Waals surface area contributed by atoms with Gasteiger partial charge >= 0.3 is 0 Å². The van der Waals surface area contributed by atoms with Gasteiger partial charge in [0, 0.05) is 24.5 Å². The zero-order chi connectivity index (χ0) is 17.6. The molecule has 4 nitrogen and oxygen atoms in total. The standard InChI is InChI=1S/C21H26N2O2/c1-3-19(25-20-9-5-4-8-16(20)2)21(24)22-17-10-12-18(13-11-17)23-14-6-7-15-23/h4-5,8-13,19H,3,6-7,14-15H2,1-2H3,(H,22,24)/t19-/m1/s1. The summed E-state index contributed by atoms with van der Waals surface area (Å²) in [5, 5.41) is 2.97. The molecule has 0 saturated carbocycles. The highest BCUT2D eigenvalue weighted by Gasteiger charge is 2.19. The van der Waals surface area contributed by atoms with Crippen molar-refractivity contribution >= 4 is 17.3 Å². The fourth-order valence-electron chi connectivity index (χ4n) is 3.12. The molecule has 1 saturated heterocycles. The molecule has 0 spiro atoms. The Labute approximate surface area is 149 Å². The Balaban J connectivity index is 1.62. The molecule has 0 radical (unpaired) electrons. The van der Waals surface area contributed by atoms with Crippen molar-refractivity contribution in [2.24, 2.45) is 0 Å². The second-order valence-electron chi connectivity index (χ2n) is 6.51. The molecule has 1 aliphatic rings. The van der Waals surface area contributed by atoms with E-state index in [9.17, 15) is 4.79 Å². The van der Waals surface area contributed by atoms with E-state index in [0.717, 1.165) is 30.1 Å². The van der Waals surface area contributed by atoms with Crippen molar-refractivity contribution < 1.29 is 9.53 Å². The smallest absolute Gasteiger partial charge is 0.265 e. The highest BCUT2D eigenvalue weighted by atomic mass is 16.5. The Morgan fingerprint density at radius 1 is 1.12 bits per heavy atom. The van der Waals surface area contributed by atoms with E-state index < -0.39 is 6.10 Å². The van der Waals surface area contributed by atoms with Crippen molar-refractivity contribution in [2.45, 2.75) is 39.2 Å². The number of carbonyl (C=O) groups is 1. The van der Waals surface area contributed by atoms with Gasteiger partial charge < -0.3 is 15.0 Å². The van der Waals surface area contributed by atoms with Crippen LogP contribution in [0.25, 0.3) is 0 Å². The topological polar surface area (TPSA) is 41.6 Å². The Morgan fingerprint density at radius 2 is 1.80 bits per heavy atom. The third-order valence-electron chi connectivity index (χ3n) is 4.63. The summed E-state index contributed by atoms with van der Waals surface area (Å²) >= 11 is 0. The zero-order valence-corrected chi connectivity index (χ0v) is 15.0. The lowest BCUT2D eigenvalue weighted by Gasteiger charge is -2.20. The molecule has 1 atom stereocenters. The molecule has 1 heterocycles. The minimum atomic E-state index is -0.501. The molecule has 2 aromatic carbocycles. The molecule has 1 N–H and O–H groups in total. The number of amides is 1. The third kappa shape index (κ3) is 4.32. The Kier molecular flexibility index (Phi) is 5.59. The molecule has 1 aliphatic heterocycles. The number of rotatable bonds is 6. The lowest BCUT2D eigenvalue weighted by atomic mass is 10.2. The predicted molar refractivity (Wildman–Crippen MR) is 102 cm³/mol. The van der Waals surface area contributed by atoms with Crippen LogP contribution in [0.5, 0.6) is 5.75 Å². The van der Waals surface area contributed by atoms with Gasteiger partial charge in [0.05, 0.1) is 0 Å². The molecule has 0 bridgehead atoms. The number of nitrogens with zero attached hydrogens (tertiary/aromatic N) is 1. The number of benzene rings is 2. The number of aryl methyl sites for hydroxylation is 1. The second-order valence-corrected chi connectivity index (χ2v) is 6.51. The number of carbonyl (C=O) groups excluding carboxylic acids is 1. The summed E-state index contributed by atoms with van der Waals surface area (Å²) in [4.78, 5) is 14.9. The number of ether oxygens (including phenoxy) is 1. The van der Waals surface area contributed by atoms with Gasteiger partial charge in [-0.1, -0.05) is 25.1 Å². The first-order valence-corrected chi connectivity index (χ1v) is 9.05. The van der Waals surface area contributed by atoms with Crippen LogP contribution in [0.3, 0.4) is 0 Å². The van der Waals surface area contributed by atoms with Crippen LogP contribution in [0.15, 0.2) is 48.5 Å². The summed E-state index contributed by atoms with van der Waals surface area (Å²) in [6.45, 7) is 6.18. The molecule has 4 heteroatoms. The van der Waals surface area contributed by atoms with E-state index in [4.69, 9.17) is 4.74 Å². The van der Waals surface area contributed by atoms with E-state index >= 15 is 0 Å². The minimum absolute atomic E-state index is 0.111. The molecule has 3 rings (SSSR count). The molecule has 1 amide bonds. The van der Waals surface area contributed by atoms with E-state index in [1.165, 1.54) is 18.5 Å². The Hall–Kier alpha value is -2.49. The predicted octanol–water partition coefficient (Wildman–Crippen LogP) is 4.39. The molecule has 0 unspecified atom stereocenters. The Morgan fingerprint density at radius 3 is 2.44 bits per heavy atom. The average molecular weight is 338 g/mol. The third-order valence-corrected chi connectivity index (χ3v) is 4.63. The van der Waals surface area contributed by atoms with E-state index in [1.807, 2.05) is 50.2 Å². The molecular formula is C21H26N2O2. The van der Waals surface area contributed by atoms with E-state index in [-0.39, 0.29) is 5.91 Å². The first-order chi connectivity index (χ1) is 12.2. The number of para-hydroxylation sites is 1.